The van der Waals surface area contributed by atoms with Gasteiger partial charge in [0.15, 0.2) is 0 Å². The maximum absolute atomic E-state index is 13.2. The van der Waals surface area contributed by atoms with Gasteiger partial charge in [0.1, 0.15) is 0 Å². The van der Waals surface area contributed by atoms with Crippen LogP contribution in [0.4, 0.5) is 24.5 Å². The van der Waals surface area contributed by atoms with Crippen molar-refractivity contribution in [2.24, 2.45) is 11.8 Å². The van der Waals surface area contributed by atoms with Crippen molar-refractivity contribution in [3.05, 3.63) is 23.8 Å². The first-order chi connectivity index (χ1) is 13.7. The van der Waals surface area contributed by atoms with E-state index >= 15 is 0 Å². The number of piperidine rings is 1. The van der Waals surface area contributed by atoms with Crippen molar-refractivity contribution in [3.8, 4) is 0 Å². The number of alkyl halides is 3. The Labute approximate surface area is 169 Å². The van der Waals surface area contributed by atoms with Crippen LogP contribution in [0.5, 0.6) is 0 Å². The van der Waals surface area contributed by atoms with E-state index in [0.29, 0.717) is 31.6 Å². The molecule has 0 atom stereocenters. The fourth-order valence-electron chi connectivity index (χ4n) is 4.01. The summed E-state index contributed by atoms with van der Waals surface area (Å²) in [6.07, 6.45) is -1.47. The summed E-state index contributed by atoms with van der Waals surface area (Å²) in [5.74, 6) is -0.611. The molecule has 3 rings (SSSR count). The van der Waals surface area contributed by atoms with Crippen LogP contribution in [0.25, 0.3) is 0 Å². The zero-order valence-electron chi connectivity index (χ0n) is 16.9. The molecule has 1 N–H and O–H groups in total. The van der Waals surface area contributed by atoms with Crippen LogP contribution in [0, 0.1) is 11.8 Å². The van der Waals surface area contributed by atoms with Crippen LogP contribution in [-0.4, -0.2) is 42.9 Å². The van der Waals surface area contributed by atoms with E-state index in [0.717, 1.165) is 38.1 Å². The highest BCUT2D eigenvalue weighted by atomic mass is 19.4. The second kappa shape index (κ2) is 8.63. The number of amides is 2. The molecule has 2 heterocycles. The van der Waals surface area contributed by atoms with Crippen LogP contribution in [0.2, 0.25) is 0 Å². The lowest BCUT2D eigenvalue weighted by atomic mass is 9.95. The summed E-state index contributed by atoms with van der Waals surface area (Å²) in [5.41, 5.74) is 0.0804. The second-order valence-electron chi connectivity index (χ2n) is 8.17. The largest absolute Gasteiger partial charge is 0.416 e. The first-order valence-electron chi connectivity index (χ1n) is 10.2. The van der Waals surface area contributed by atoms with Crippen LogP contribution in [0.15, 0.2) is 18.2 Å². The summed E-state index contributed by atoms with van der Waals surface area (Å²) in [6.45, 7) is 6.21. The lowest BCUT2D eigenvalue weighted by Crippen LogP contribution is -2.43. The number of hydrogen-bond acceptors (Lipinski definition) is 3. The van der Waals surface area contributed by atoms with Crippen molar-refractivity contribution in [2.75, 3.05) is 36.4 Å². The van der Waals surface area contributed by atoms with Gasteiger partial charge in [-0.25, -0.2) is 0 Å². The minimum atomic E-state index is -4.47. The number of rotatable bonds is 4. The summed E-state index contributed by atoms with van der Waals surface area (Å²) < 4.78 is 39.6. The van der Waals surface area contributed by atoms with E-state index in [4.69, 9.17) is 0 Å². The monoisotopic (exact) mass is 411 g/mol. The summed E-state index contributed by atoms with van der Waals surface area (Å²) in [6, 6.07) is 3.55. The first kappa shape index (κ1) is 21.5. The van der Waals surface area contributed by atoms with Crippen molar-refractivity contribution in [3.63, 3.8) is 0 Å². The summed E-state index contributed by atoms with van der Waals surface area (Å²) in [7, 11) is 0. The Morgan fingerprint density at radius 2 is 1.69 bits per heavy atom. The maximum Gasteiger partial charge on any atom is 0.416 e. The topological polar surface area (TPSA) is 52.7 Å². The molecule has 1 aromatic rings. The highest BCUT2D eigenvalue weighted by Gasteiger charge is 2.33. The molecule has 0 bridgehead atoms. The summed E-state index contributed by atoms with van der Waals surface area (Å²) in [4.78, 5) is 28.7. The van der Waals surface area contributed by atoms with E-state index in [-0.39, 0.29) is 29.3 Å². The Morgan fingerprint density at radius 3 is 2.24 bits per heavy atom. The first-order valence-corrected chi connectivity index (χ1v) is 10.2. The number of nitrogens with one attached hydrogen (secondary N) is 1. The number of nitrogens with zero attached hydrogens (tertiary/aromatic N) is 2. The SMILES string of the molecule is CC(C)C(=O)N1CCC(C(=O)Nc2cc(C(F)(F)F)ccc2N2CCCC2)CC1. The predicted molar refractivity (Wildman–Crippen MR) is 106 cm³/mol. The molecule has 0 saturated carbocycles. The molecule has 0 aliphatic carbocycles. The van der Waals surface area contributed by atoms with Crippen LogP contribution in [-0.2, 0) is 15.8 Å². The number of anilines is 2. The fourth-order valence-corrected chi connectivity index (χ4v) is 4.01. The van der Waals surface area contributed by atoms with E-state index < -0.39 is 11.7 Å². The van der Waals surface area contributed by atoms with Gasteiger partial charge in [0.2, 0.25) is 11.8 Å². The van der Waals surface area contributed by atoms with Gasteiger partial charge in [-0.2, -0.15) is 13.2 Å². The highest BCUT2D eigenvalue weighted by Crippen LogP contribution is 2.37. The molecule has 2 fully saturated rings. The molecule has 5 nitrogen and oxygen atoms in total. The van der Waals surface area contributed by atoms with Crippen LogP contribution >= 0.6 is 0 Å². The van der Waals surface area contributed by atoms with Crippen LogP contribution in [0.3, 0.4) is 0 Å². The van der Waals surface area contributed by atoms with Crippen molar-refractivity contribution in [1.82, 2.24) is 4.90 Å². The highest BCUT2D eigenvalue weighted by molar-refractivity contribution is 5.96. The van der Waals surface area contributed by atoms with Crippen LogP contribution in [0.1, 0.15) is 45.1 Å². The third-order valence-corrected chi connectivity index (χ3v) is 5.70. The van der Waals surface area contributed by atoms with Crippen molar-refractivity contribution in [1.29, 1.82) is 0 Å². The molecule has 2 aliphatic heterocycles. The van der Waals surface area contributed by atoms with E-state index in [2.05, 4.69) is 5.32 Å². The Morgan fingerprint density at radius 1 is 1.07 bits per heavy atom. The minimum Gasteiger partial charge on any atom is -0.370 e. The van der Waals surface area contributed by atoms with E-state index in [1.807, 2.05) is 18.7 Å². The van der Waals surface area contributed by atoms with Gasteiger partial charge in [-0.3, -0.25) is 9.59 Å². The Balaban J connectivity index is 1.73. The van der Waals surface area contributed by atoms with Crippen molar-refractivity contribution in [2.45, 2.75) is 45.7 Å². The molecule has 29 heavy (non-hydrogen) atoms. The number of carbonyl (C=O) groups is 2. The Kier molecular flexibility index (Phi) is 6.39. The Hall–Kier alpha value is -2.25. The van der Waals surface area contributed by atoms with E-state index in [1.54, 1.807) is 4.90 Å². The lowest BCUT2D eigenvalue weighted by molar-refractivity contribution is -0.137. The number of hydrogen-bond donors (Lipinski definition) is 1. The average molecular weight is 411 g/mol. The van der Waals surface area contributed by atoms with Gasteiger partial charge < -0.3 is 15.1 Å². The molecule has 0 aromatic heterocycles. The van der Waals surface area contributed by atoms with Gasteiger partial charge in [-0.1, -0.05) is 13.8 Å². The molecular formula is C21H28F3N3O2. The van der Waals surface area contributed by atoms with Crippen molar-refractivity contribution < 1.29 is 22.8 Å². The van der Waals surface area contributed by atoms with Crippen LogP contribution < -0.4 is 10.2 Å². The van der Waals surface area contributed by atoms with Gasteiger partial charge in [0.25, 0.3) is 0 Å². The normalized spacial score (nSPS) is 18.4. The second-order valence-corrected chi connectivity index (χ2v) is 8.17. The van der Waals surface area contributed by atoms with Gasteiger partial charge in [-0.15, -0.1) is 0 Å². The third kappa shape index (κ3) is 5.03. The van der Waals surface area contributed by atoms with E-state index in [9.17, 15) is 22.8 Å². The van der Waals surface area contributed by atoms with Gasteiger partial charge in [0, 0.05) is 38.0 Å². The zero-order valence-corrected chi connectivity index (χ0v) is 16.9. The molecule has 1 aromatic carbocycles. The molecule has 2 amide bonds. The molecular weight excluding hydrogens is 383 g/mol. The fraction of sp³-hybridized carbons (Fsp3) is 0.619. The quantitative estimate of drug-likeness (QED) is 0.810. The standard InChI is InChI=1S/C21H28F3N3O2/c1-14(2)20(29)27-11-7-15(8-12-27)19(28)25-17-13-16(21(22,23)24)5-6-18(17)26-9-3-4-10-26/h5-6,13-15H,3-4,7-12H2,1-2H3,(H,25,28). The molecule has 160 valence electrons. The van der Waals surface area contributed by atoms with Gasteiger partial charge >= 0.3 is 6.18 Å². The number of carbonyl (C=O) groups excluding carboxylic acids is 2. The lowest BCUT2D eigenvalue weighted by Gasteiger charge is -2.32. The molecule has 2 saturated heterocycles. The molecule has 0 radical (unpaired) electrons. The van der Waals surface area contributed by atoms with Gasteiger partial charge in [-0.05, 0) is 43.9 Å². The Bertz CT molecular complexity index is 750. The third-order valence-electron chi connectivity index (χ3n) is 5.70. The molecule has 0 spiro atoms. The smallest absolute Gasteiger partial charge is 0.370 e. The number of benzene rings is 1. The number of likely N-dealkylation sites (tertiary alicyclic amines) is 1. The molecule has 2 aliphatic rings. The summed E-state index contributed by atoms with van der Waals surface area (Å²) in [5, 5.41) is 2.75. The number of halogens is 3. The molecule has 0 unspecified atom stereocenters. The van der Waals surface area contributed by atoms with Gasteiger partial charge in [0.05, 0.1) is 16.9 Å². The summed E-state index contributed by atoms with van der Waals surface area (Å²) >= 11 is 0. The zero-order chi connectivity index (χ0) is 21.2. The minimum absolute atomic E-state index is 0.0676. The maximum atomic E-state index is 13.2. The molecule has 8 heteroatoms. The average Bonchev–Trinajstić information content (AvgIpc) is 3.21. The van der Waals surface area contributed by atoms with Crippen molar-refractivity contribution >= 4 is 23.2 Å². The van der Waals surface area contributed by atoms with E-state index in [1.165, 1.54) is 6.07 Å². The predicted octanol–water partition coefficient (Wildman–Crippen LogP) is 4.14.